The average molecular weight is 271 g/mol. The smallest absolute Gasteiger partial charge is 0.328 e. The first-order valence-corrected chi connectivity index (χ1v) is 7.62. The highest BCUT2D eigenvalue weighted by Crippen LogP contribution is 2.25. The fourth-order valence-electron chi connectivity index (χ4n) is 2.48. The van der Waals surface area contributed by atoms with E-state index < -0.39 is 5.54 Å². The van der Waals surface area contributed by atoms with E-state index in [0.29, 0.717) is 19.1 Å². The number of rotatable bonds is 9. The standard InChI is InChI=1S/C15H29NO3/c1-4-10-16-15(3,14(17)19-5-2)12-18-11-13-8-6-7-9-13/h13,16H,4-12H2,1-3H3. The lowest BCUT2D eigenvalue weighted by molar-refractivity contribution is -0.153. The maximum Gasteiger partial charge on any atom is 0.328 e. The van der Waals surface area contributed by atoms with Crippen molar-refractivity contribution >= 4 is 5.97 Å². The summed E-state index contributed by atoms with van der Waals surface area (Å²) in [4.78, 5) is 12.0. The highest BCUT2D eigenvalue weighted by atomic mass is 16.5. The van der Waals surface area contributed by atoms with Gasteiger partial charge in [-0.1, -0.05) is 19.8 Å². The van der Waals surface area contributed by atoms with Crippen molar-refractivity contribution in [3.05, 3.63) is 0 Å². The molecule has 0 bridgehead atoms. The highest BCUT2D eigenvalue weighted by molar-refractivity contribution is 5.80. The first kappa shape index (κ1) is 16.4. The summed E-state index contributed by atoms with van der Waals surface area (Å²) in [6.45, 7) is 8.14. The average Bonchev–Trinajstić information content (AvgIpc) is 2.90. The molecule has 0 amide bonds. The molecule has 1 N–H and O–H groups in total. The number of carbonyl (C=O) groups is 1. The maximum atomic E-state index is 12.0. The minimum atomic E-state index is -0.718. The van der Waals surface area contributed by atoms with Crippen molar-refractivity contribution in [2.24, 2.45) is 5.92 Å². The molecular formula is C15H29NO3. The fourth-order valence-corrected chi connectivity index (χ4v) is 2.48. The van der Waals surface area contributed by atoms with Crippen LogP contribution in [-0.2, 0) is 14.3 Å². The van der Waals surface area contributed by atoms with Gasteiger partial charge in [0.05, 0.1) is 13.2 Å². The van der Waals surface area contributed by atoms with Gasteiger partial charge in [0.15, 0.2) is 0 Å². The van der Waals surface area contributed by atoms with Crippen LogP contribution >= 0.6 is 0 Å². The van der Waals surface area contributed by atoms with E-state index in [1.165, 1.54) is 25.7 Å². The van der Waals surface area contributed by atoms with E-state index in [-0.39, 0.29) is 5.97 Å². The molecule has 1 rings (SSSR count). The Hall–Kier alpha value is -0.610. The highest BCUT2D eigenvalue weighted by Gasteiger charge is 2.34. The Morgan fingerprint density at radius 1 is 1.32 bits per heavy atom. The van der Waals surface area contributed by atoms with E-state index in [9.17, 15) is 4.79 Å². The van der Waals surface area contributed by atoms with Crippen LogP contribution in [0.25, 0.3) is 0 Å². The number of carbonyl (C=O) groups excluding carboxylic acids is 1. The van der Waals surface area contributed by atoms with E-state index in [0.717, 1.165) is 19.6 Å². The Balaban J connectivity index is 2.40. The maximum absolute atomic E-state index is 12.0. The summed E-state index contributed by atoms with van der Waals surface area (Å²) < 4.78 is 10.9. The number of esters is 1. The fraction of sp³-hybridized carbons (Fsp3) is 0.933. The van der Waals surface area contributed by atoms with Gasteiger partial charge in [0, 0.05) is 6.61 Å². The summed E-state index contributed by atoms with van der Waals surface area (Å²) in [5.74, 6) is 0.465. The quantitative estimate of drug-likeness (QED) is 0.655. The van der Waals surface area contributed by atoms with Gasteiger partial charge in [-0.25, -0.2) is 4.79 Å². The lowest BCUT2D eigenvalue weighted by Crippen LogP contribution is -2.54. The summed E-state index contributed by atoms with van der Waals surface area (Å²) in [7, 11) is 0. The number of ether oxygens (including phenoxy) is 2. The third kappa shape index (κ3) is 5.49. The third-order valence-corrected chi connectivity index (χ3v) is 3.71. The second kappa shape index (κ2) is 8.54. The lowest BCUT2D eigenvalue weighted by atomic mass is 10.0. The first-order valence-electron chi connectivity index (χ1n) is 7.62. The second-order valence-corrected chi connectivity index (χ2v) is 5.64. The van der Waals surface area contributed by atoms with E-state index >= 15 is 0 Å². The van der Waals surface area contributed by atoms with Crippen molar-refractivity contribution < 1.29 is 14.3 Å². The molecule has 0 heterocycles. The van der Waals surface area contributed by atoms with Gasteiger partial charge in [-0.2, -0.15) is 0 Å². The van der Waals surface area contributed by atoms with Gasteiger partial charge in [-0.15, -0.1) is 0 Å². The largest absolute Gasteiger partial charge is 0.465 e. The third-order valence-electron chi connectivity index (χ3n) is 3.71. The van der Waals surface area contributed by atoms with Crippen LogP contribution in [0.4, 0.5) is 0 Å². The van der Waals surface area contributed by atoms with Crippen molar-refractivity contribution in [1.29, 1.82) is 0 Å². The molecule has 0 aromatic rings. The molecule has 4 heteroatoms. The van der Waals surface area contributed by atoms with Crippen molar-refractivity contribution in [3.63, 3.8) is 0 Å². The molecule has 0 aliphatic heterocycles. The number of nitrogens with one attached hydrogen (secondary N) is 1. The Bertz CT molecular complexity index is 264. The Morgan fingerprint density at radius 3 is 2.58 bits per heavy atom. The van der Waals surface area contributed by atoms with Gasteiger partial charge in [0.1, 0.15) is 5.54 Å². The van der Waals surface area contributed by atoms with Crippen molar-refractivity contribution in [1.82, 2.24) is 5.32 Å². The normalized spacial score (nSPS) is 19.3. The van der Waals surface area contributed by atoms with Gasteiger partial charge in [0.2, 0.25) is 0 Å². The molecule has 112 valence electrons. The molecule has 0 spiro atoms. The van der Waals surface area contributed by atoms with Crippen LogP contribution in [0, 0.1) is 5.92 Å². The van der Waals surface area contributed by atoms with Crippen molar-refractivity contribution in [2.75, 3.05) is 26.4 Å². The summed E-state index contributed by atoms with van der Waals surface area (Å²) in [5, 5.41) is 3.26. The zero-order valence-electron chi connectivity index (χ0n) is 12.7. The topological polar surface area (TPSA) is 47.6 Å². The molecule has 1 unspecified atom stereocenters. The molecular weight excluding hydrogens is 242 g/mol. The van der Waals surface area contributed by atoms with Crippen LogP contribution in [0.5, 0.6) is 0 Å². The molecule has 19 heavy (non-hydrogen) atoms. The Labute approximate surface area is 117 Å². The van der Waals surface area contributed by atoms with Crippen LogP contribution in [0.3, 0.4) is 0 Å². The van der Waals surface area contributed by atoms with Gasteiger partial charge in [0.25, 0.3) is 0 Å². The Morgan fingerprint density at radius 2 is 2.00 bits per heavy atom. The van der Waals surface area contributed by atoms with E-state index in [2.05, 4.69) is 12.2 Å². The Kier molecular flexibility index (Phi) is 7.39. The van der Waals surface area contributed by atoms with Crippen LogP contribution in [0.15, 0.2) is 0 Å². The minimum absolute atomic E-state index is 0.213. The van der Waals surface area contributed by atoms with Crippen LogP contribution in [-0.4, -0.2) is 37.9 Å². The molecule has 1 aliphatic rings. The summed E-state index contributed by atoms with van der Waals surface area (Å²) >= 11 is 0. The van der Waals surface area contributed by atoms with Gasteiger partial charge in [-0.3, -0.25) is 0 Å². The lowest BCUT2D eigenvalue weighted by Gasteiger charge is -2.28. The molecule has 1 atom stereocenters. The van der Waals surface area contributed by atoms with E-state index in [1.807, 2.05) is 13.8 Å². The zero-order chi connectivity index (χ0) is 14.1. The van der Waals surface area contributed by atoms with Gasteiger partial charge < -0.3 is 14.8 Å². The molecule has 1 aliphatic carbocycles. The SMILES string of the molecule is CCCNC(C)(COCC1CCCC1)C(=O)OCC. The molecule has 1 fully saturated rings. The molecule has 0 radical (unpaired) electrons. The summed E-state index contributed by atoms with van der Waals surface area (Å²) in [6, 6.07) is 0. The van der Waals surface area contributed by atoms with Crippen molar-refractivity contribution in [3.8, 4) is 0 Å². The predicted octanol–water partition coefficient (Wildman–Crippen LogP) is 2.51. The number of hydrogen-bond donors (Lipinski definition) is 1. The monoisotopic (exact) mass is 271 g/mol. The summed E-state index contributed by atoms with van der Waals surface area (Å²) in [5.41, 5.74) is -0.718. The molecule has 1 saturated carbocycles. The van der Waals surface area contributed by atoms with E-state index in [1.54, 1.807) is 0 Å². The predicted molar refractivity (Wildman–Crippen MR) is 76.1 cm³/mol. The van der Waals surface area contributed by atoms with Crippen molar-refractivity contribution in [2.45, 2.75) is 58.4 Å². The van der Waals surface area contributed by atoms with Gasteiger partial charge >= 0.3 is 5.97 Å². The van der Waals surface area contributed by atoms with Crippen LogP contribution in [0.1, 0.15) is 52.9 Å². The van der Waals surface area contributed by atoms with E-state index in [4.69, 9.17) is 9.47 Å². The zero-order valence-corrected chi connectivity index (χ0v) is 12.7. The first-order chi connectivity index (χ1) is 9.12. The summed E-state index contributed by atoms with van der Waals surface area (Å²) in [6.07, 6.45) is 6.14. The minimum Gasteiger partial charge on any atom is -0.465 e. The van der Waals surface area contributed by atoms with Crippen LogP contribution in [0.2, 0.25) is 0 Å². The second-order valence-electron chi connectivity index (χ2n) is 5.64. The molecule has 0 aromatic heterocycles. The van der Waals surface area contributed by atoms with Crippen LogP contribution < -0.4 is 5.32 Å². The number of hydrogen-bond acceptors (Lipinski definition) is 4. The molecule has 0 saturated heterocycles. The molecule has 0 aromatic carbocycles. The van der Waals surface area contributed by atoms with Gasteiger partial charge in [-0.05, 0) is 45.6 Å². The molecule has 4 nitrogen and oxygen atoms in total.